The van der Waals surface area contributed by atoms with Gasteiger partial charge in [0.05, 0.1) is 18.5 Å². The zero-order valence-electron chi connectivity index (χ0n) is 12.7. The fourth-order valence-electron chi connectivity index (χ4n) is 2.16. The summed E-state index contributed by atoms with van der Waals surface area (Å²) in [6.07, 6.45) is 3.86. The van der Waals surface area contributed by atoms with Gasteiger partial charge in [0.1, 0.15) is 0 Å². The van der Waals surface area contributed by atoms with Gasteiger partial charge in [0, 0.05) is 46.0 Å². The molecule has 0 aromatic carbocycles. The second kappa shape index (κ2) is 8.88. The number of anilines is 1. The average Bonchev–Trinajstić information content (AvgIpc) is 2.48. The third kappa shape index (κ3) is 5.17. The van der Waals surface area contributed by atoms with Gasteiger partial charge < -0.3 is 9.64 Å². The molecule has 2 rings (SSSR count). The number of rotatable bonds is 4. The highest BCUT2D eigenvalue weighted by Gasteiger charge is 2.16. The maximum absolute atomic E-state index is 5.11. The molecular weight excluding hydrogens is 238 g/mol. The van der Waals surface area contributed by atoms with Crippen LogP contribution in [0.2, 0.25) is 0 Å². The molecule has 19 heavy (non-hydrogen) atoms. The Balaban J connectivity index is 0.000000861. The number of pyridine rings is 1. The van der Waals surface area contributed by atoms with Crippen LogP contribution in [0.3, 0.4) is 0 Å². The van der Waals surface area contributed by atoms with Crippen LogP contribution in [-0.4, -0.2) is 56.3 Å². The van der Waals surface area contributed by atoms with E-state index in [1.165, 1.54) is 11.3 Å². The van der Waals surface area contributed by atoms with Gasteiger partial charge >= 0.3 is 0 Å². The fourth-order valence-corrected chi connectivity index (χ4v) is 2.16. The first kappa shape index (κ1) is 15.9. The smallest absolute Gasteiger partial charge is 0.0589 e. The molecule has 0 aliphatic carbocycles. The highest BCUT2D eigenvalue weighted by Crippen LogP contribution is 2.16. The molecule has 1 aliphatic heterocycles. The highest BCUT2D eigenvalue weighted by molar-refractivity contribution is 5.46. The lowest BCUT2D eigenvalue weighted by molar-refractivity contribution is 0.144. The quantitative estimate of drug-likeness (QED) is 0.834. The second-order valence-corrected chi connectivity index (χ2v) is 4.54. The minimum atomic E-state index is 0.825. The van der Waals surface area contributed by atoms with Crippen molar-refractivity contribution in [3.63, 3.8) is 0 Å². The maximum Gasteiger partial charge on any atom is 0.0589 e. The van der Waals surface area contributed by atoms with E-state index < -0.39 is 0 Å². The molecule has 0 spiro atoms. The molecule has 0 bridgehead atoms. The Morgan fingerprint density at radius 3 is 2.42 bits per heavy atom. The van der Waals surface area contributed by atoms with Crippen molar-refractivity contribution in [3.05, 3.63) is 24.0 Å². The summed E-state index contributed by atoms with van der Waals surface area (Å²) < 4.78 is 5.11. The molecule has 0 saturated carbocycles. The number of aryl methyl sites for hydroxylation is 1. The van der Waals surface area contributed by atoms with E-state index in [-0.39, 0.29) is 0 Å². The van der Waals surface area contributed by atoms with Crippen LogP contribution in [0.5, 0.6) is 0 Å². The normalized spacial score (nSPS) is 15.9. The summed E-state index contributed by atoms with van der Waals surface area (Å²) in [5.41, 5.74) is 2.47. The fraction of sp³-hybridized carbons (Fsp3) is 0.667. The zero-order valence-corrected chi connectivity index (χ0v) is 12.7. The van der Waals surface area contributed by atoms with Gasteiger partial charge in [-0.15, -0.1) is 0 Å². The first-order valence-corrected chi connectivity index (χ1v) is 7.17. The lowest BCUT2D eigenvalue weighted by Crippen LogP contribution is -2.47. The number of piperazine rings is 1. The van der Waals surface area contributed by atoms with Crippen molar-refractivity contribution in [3.8, 4) is 0 Å². The molecule has 1 saturated heterocycles. The summed E-state index contributed by atoms with van der Waals surface area (Å²) in [7, 11) is 1.76. The van der Waals surface area contributed by atoms with Crippen LogP contribution >= 0.6 is 0 Å². The molecule has 1 aliphatic rings. The molecule has 0 amide bonds. The Kier molecular flexibility index (Phi) is 7.45. The molecule has 0 unspecified atom stereocenters. The predicted octanol–water partition coefficient (Wildman–Crippen LogP) is 2.18. The topological polar surface area (TPSA) is 28.6 Å². The second-order valence-electron chi connectivity index (χ2n) is 4.54. The third-order valence-electron chi connectivity index (χ3n) is 3.21. The molecule has 1 fully saturated rings. The summed E-state index contributed by atoms with van der Waals surface area (Å²) >= 11 is 0. The Morgan fingerprint density at radius 2 is 1.84 bits per heavy atom. The third-order valence-corrected chi connectivity index (χ3v) is 3.21. The zero-order chi connectivity index (χ0) is 14.1. The van der Waals surface area contributed by atoms with Crippen LogP contribution in [0.4, 0.5) is 5.69 Å². The Morgan fingerprint density at radius 1 is 1.16 bits per heavy atom. The number of nitrogens with zero attached hydrogens (tertiary/aromatic N) is 3. The molecule has 0 atom stereocenters. The van der Waals surface area contributed by atoms with Crippen LogP contribution in [0.15, 0.2) is 18.5 Å². The van der Waals surface area contributed by atoms with E-state index in [0.717, 1.165) is 39.3 Å². The van der Waals surface area contributed by atoms with E-state index in [9.17, 15) is 0 Å². The minimum Gasteiger partial charge on any atom is -0.383 e. The Bertz CT molecular complexity index is 349. The molecule has 0 N–H and O–H groups in total. The van der Waals surface area contributed by atoms with Crippen molar-refractivity contribution in [1.29, 1.82) is 0 Å². The van der Waals surface area contributed by atoms with Crippen LogP contribution in [-0.2, 0) is 4.74 Å². The molecule has 1 aromatic rings. The van der Waals surface area contributed by atoms with Crippen molar-refractivity contribution in [2.24, 2.45) is 0 Å². The van der Waals surface area contributed by atoms with Crippen LogP contribution in [0.1, 0.15) is 19.4 Å². The molecule has 1 aromatic heterocycles. The molecule has 108 valence electrons. The lowest BCUT2D eigenvalue weighted by atomic mass is 10.2. The molecule has 4 heteroatoms. The van der Waals surface area contributed by atoms with Crippen LogP contribution in [0, 0.1) is 6.92 Å². The van der Waals surface area contributed by atoms with Crippen LogP contribution in [0.25, 0.3) is 0 Å². The lowest BCUT2D eigenvalue weighted by Gasteiger charge is -2.35. The number of aromatic nitrogens is 1. The summed E-state index contributed by atoms with van der Waals surface area (Å²) in [6.45, 7) is 12.3. The van der Waals surface area contributed by atoms with Crippen LogP contribution < -0.4 is 4.90 Å². The molecule has 0 radical (unpaired) electrons. The van der Waals surface area contributed by atoms with E-state index in [2.05, 4.69) is 27.8 Å². The Hall–Kier alpha value is -1.13. The first-order valence-electron chi connectivity index (χ1n) is 7.17. The summed E-state index contributed by atoms with van der Waals surface area (Å²) in [6, 6.07) is 2.21. The van der Waals surface area contributed by atoms with Crippen molar-refractivity contribution in [2.75, 3.05) is 51.3 Å². The van der Waals surface area contributed by atoms with Gasteiger partial charge in [-0.3, -0.25) is 9.88 Å². The monoisotopic (exact) mass is 265 g/mol. The number of methoxy groups -OCH3 is 1. The van der Waals surface area contributed by atoms with Gasteiger partial charge in [0.15, 0.2) is 0 Å². The largest absolute Gasteiger partial charge is 0.383 e. The molecule has 4 nitrogen and oxygen atoms in total. The van der Waals surface area contributed by atoms with Gasteiger partial charge in [-0.05, 0) is 18.6 Å². The van der Waals surface area contributed by atoms with E-state index in [1.807, 2.05) is 26.2 Å². The van der Waals surface area contributed by atoms with Gasteiger partial charge in [-0.25, -0.2) is 0 Å². The van der Waals surface area contributed by atoms with E-state index in [4.69, 9.17) is 4.74 Å². The summed E-state index contributed by atoms with van der Waals surface area (Å²) in [4.78, 5) is 9.11. The average molecular weight is 265 g/mol. The minimum absolute atomic E-state index is 0.825. The van der Waals surface area contributed by atoms with Crippen molar-refractivity contribution in [1.82, 2.24) is 9.88 Å². The number of hydrogen-bond donors (Lipinski definition) is 0. The van der Waals surface area contributed by atoms with E-state index in [1.54, 1.807) is 7.11 Å². The number of ether oxygens (including phenoxy) is 1. The summed E-state index contributed by atoms with van der Waals surface area (Å²) in [5.74, 6) is 0. The number of hydrogen-bond acceptors (Lipinski definition) is 4. The van der Waals surface area contributed by atoms with Crippen molar-refractivity contribution in [2.45, 2.75) is 20.8 Å². The van der Waals surface area contributed by atoms with E-state index in [0.29, 0.717) is 0 Å². The molecule has 2 heterocycles. The van der Waals surface area contributed by atoms with Gasteiger partial charge in [-0.2, -0.15) is 0 Å². The van der Waals surface area contributed by atoms with E-state index >= 15 is 0 Å². The van der Waals surface area contributed by atoms with Gasteiger partial charge in [-0.1, -0.05) is 13.8 Å². The van der Waals surface area contributed by atoms with Gasteiger partial charge in [0.25, 0.3) is 0 Å². The standard InChI is InChI=1S/C13H21N3O.C2H6/c1-12-9-13(11-14-10-12)16-5-3-15(4-6-16)7-8-17-2;1-2/h9-11H,3-8H2,1-2H3;1-2H3. The SMILES string of the molecule is CC.COCCN1CCN(c2cncc(C)c2)CC1. The summed E-state index contributed by atoms with van der Waals surface area (Å²) in [5, 5.41) is 0. The first-order chi connectivity index (χ1) is 9.29. The van der Waals surface area contributed by atoms with Crippen molar-refractivity contribution < 1.29 is 4.74 Å². The van der Waals surface area contributed by atoms with Crippen molar-refractivity contribution >= 4 is 5.69 Å². The predicted molar refractivity (Wildman–Crippen MR) is 80.9 cm³/mol. The van der Waals surface area contributed by atoms with Gasteiger partial charge in [0.2, 0.25) is 0 Å². The maximum atomic E-state index is 5.11. The Labute approximate surface area is 117 Å². The molecular formula is C15H27N3O. The highest BCUT2D eigenvalue weighted by atomic mass is 16.5.